The summed E-state index contributed by atoms with van der Waals surface area (Å²) in [5.41, 5.74) is 0.198. The van der Waals surface area contributed by atoms with Gasteiger partial charge in [0.1, 0.15) is 5.82 Å². The highest BCUT2D eigenvalue weighted by atomic mass is 19.1. The van der Waals surface area contributed by atoms with Gasteiger partial charge >= 0.3 is 6.03 Å². The van der Waals surface area contributed by atoms with Gasteiger partial charge in [0.2, 0.25) is 0 Å². The maximum atomic E-state index is 13.3. The number of rotatable bonds is 7. The highest BCUT2D eigenvalue weighted by Gasteiger charge is 2.05. The first-order chi connectivity index (χ1) is 9.17. The molecule has 5 heteroatoms. The van der Waals surface area contributed by atoms with Crippen LogP contribution in [0.15, 0.2) is 24.3 Å². The topological polar surface area (TPSA) is 44.4 Å². The third-order valence-electron chi connectivity index (χ3n) is 2.95. The van der Waals surface area contributed by atoms with Crippen molar-refractivity contribution in [1.29, 1.82) is 0 Å². The number of halogens is 1. The molecular weight excluding hydrogens is 245 g/mol. The highest BCUT2D eigenvalue weighted by molar-refractivity contribution is 5.89. The molecule has 0 aliphatic rings. The third kappa shape index (κ3) is 5.70. The molecule has 2 N–H and O–H groups in total. The van der Waals surface area contributed by atoms with Gasteiger partial charge in [-0.2, -0.15) is 0 Å². The molecule has 0 heterocycles. The summed E-state index contributed by atoms with van der Waals surface area (Å²) in [6.07, 6.45) is 0.881. The Hall–Kier alpha value is -1.62. The maximum absolute atomic E-state index is 13.3. The number of anilines is 1. The Kier molecular flexibility index (Phi) is 6.89. The lowest BCUT2D eigenvalue weighted by molar-refractivity contribution is 0.250. The van der Waals surface area contributed by atoms with Crippen molar-refractivity contribution in [2.45, 2.75) is 20.3 Å². The quantitative estimate of drug-likeness (QED) is 0.746. The highest BCUT2D eigenvalue weighted by Crippen LogP contribution is 2.11. The zero-order chi connectivity index (χ0) is 14.1. The number of hydrogen-bond acceptors (Lipinski definition) is 2. The number of para-hydroxylation sites is 1. The number of nitrogens with one attached hydrogen (secondary N) is 2. The molecular formula is C14H22FN3O. The van der Waals surface area contributed by atoms with Crippen molar-refractivity contribution in [3.05, 3.63) is 30.1 Å². The van der Waals surface area contributed by atoms with Crippen molar-refractivity contribution in [2.75, 3.05) is 31.5 Å². The molecule has 4 nitrogen and oxygen atoms in total. The minimum atomic E-state index is -0.430. The van der Waals surface area contributed by atoms with Crippen LogP contribution in [0.1, 0.15) is 20.3 Å². The Morgan fingerprint density at radius 2 is 1.95 bits per heavy atom. The fourth-order valence-corrected chi connectivity index (χ4v) is 1.77. The number of hydrogen-bond donors (Lipinski definition) is 2. The number of amides is 2. The van der Waals surface area contributed by atoms with Crippen LogP contribution in [0.25, 0.3) is 0 Å². The van der Waals surface area contributed by atoms with E-state index in [2.05, 4.69) is 29.4 Å². The Morgan fingerprint density at radius 3 is 2.58 bits per heavy atom. The van der Waals surface area contributed by atoms with Gasteiger partial charge in [-0.25, -0.2) is 9.18 Å². The number of carbonyl (C=O) groups excluding carboxylic acids is 1. The van der Waals surface area contributed by atoms with E-state index in [-0.39, 0.29) is 11.7 Å². The SMILES string of the molecule is CCN(CC)CCCNC(=O)Nc1ccccc1F. The van der Waals surface area contributed by atoms with Crippen LogP contribution in [0.2, 0.25) is 0 Å². The minimum absolute atomic E-state index is 0.198. The second-order valence-corrected chi connectivity index (χ2v) is 4.24. The van der Waals surface area contributed by atoms with Crippen LogP contribution in [0.5, 0.6) is 0 Å². The van der Waals surface area contributed by atoms with Crippen molar-refractivity contribution >= 4 is 11.7 Å². The first-order valence-electron chi connectivity index (χ1n) is 6.69. The Morgan fingerprint density at radius 1 is 1.26 bits per heavy atom. The fourth-order valence-electron chi connectivity index (χ4n) is 1.77. The van der Waals surface area contributed by atoms with Crippen LogP contribution < -0.4 is 10.6 Å². The van der Waals surface area contributed by atoms with Crippen molar-refractivity contribution in [1.82, 2.24) is 10.2 Å². The predicted molar refractivity (Wildman–Crippen MR) is 75.8 cm³/mol. The smallest absolute Gasteiger partial charge is 0.319 e. The summed E-state index contributed by atoms with van der Waals surface area (Å²) in [5.74, 6) is -0.430. The molecule has 0 aromatic heterocycles. The van der Waals surface area contributed by atoms with Crippen molar-refractivity contribution in [3.63, 3.8) is 0 Å². The Balaban J connectivity index is 2.24. The average Bonchev–Trinajstić information content (AvgIpc) is 2.42. The van der Waals surface area contributed by atoms with E-state index in [4.69, 9.17) is 0 Å². The lowest BCUT2D eigenvalue weighted by atomic mass is 10.3. The van der Waals surface area contributed by atoms with E-state index in [9.17, 15) is 9.18 Å². The van der Waals surface area contributed by atoms with Gasteiger partial charge < -0.3 is 15.5 Å². The minimum Gasteiger partial charge on any atom is -0.338 e. The van der Waals surface area contributed by atoms with E-state index in [1.165, 1.54) is 12.1 Å². The zero-order valence-electron chi connectivity index (χ0n) is 11.6. The van der Waals surface area contributed by atoms with E-state index in [1.807, 2.05) is 0 Å². The lowest BCUT2D eigenvalue weighted by Gasteiger charge is -2.17. The van der Waals surface area contributed by atoms with Crippen molar-refractivity contribution in [2.24, 2.45) is 0 Å². The van der Waals surface area contributed by atoms with Gasteiger partial charge in [0, 0.05) is 6.54 Å². The van der Waals surface area contributed by atoms with Gasteiger partial charge in [-0.1, -0.05) is 26.0 Å². The Bertz CT molecular complexity index is 394. The molecule has 0 saturated carbocycles. The molecule has 0 spiro atoms. The number of carbonyl (C=O) groups is 1. The van der Waals surface area contributed by atoms with Crippen LogP contribution in [-0.2, 0) is 0 Å². The molecule has 0 unspecified atom stereocenters. The predicted octanol–water partition coefficient (Wildman–Crippen LogP) is 2.68. The van der Waals surface area contributed by atoms with Crippen molar-refractivity contribution in [3.8, 4) is 0 Å². The van der Waals surface area contributed by atoms with E-state index in [1.54, 1.807) is 12.1 Å². The molecule has 106 valence electrons. The first-order valence-corrected chi connectivity index (χ1v) is 6.69. The van der Waals surface area contributed by atoms with Gasteiger partial charge in [-0.05, 0) is 38.2 Å². The number of nitrogens with zero attached hydrogens (tertiary/aromatic N) is 1. The second-order valence-electron chi connectivity index (χ2n) is 4.24. The van der Waals surface area contributed by atoms with E-state index in [0.29, 0.717) is 6.54 Å². The van der Waals surface area contributed by atoms with Crippen LogP contribution in [0.4, 0.5) is 14.9 Å². The summed E-state index contributed by atoms with van der Waals surface area (Å²) in [6.45, 7) is 7.78. The van der Waals surface area contributed by atoms with Crippen LogP contribution in [0.3, 0.4) is 0 Å². The van der Waals surface area contributed by atoms with Gasteiger partial charge in [-0.15, -0.1) is 0 Å². The van der Waals surface area contributed by atoms with Crippen molar-refractivity contribution < 1.29 is 9.18 Å². The molecule has 19 heavy (non-hydrogen) atoms. The van der Waals surface area contributed by atoms with Gasteiger partial charge in [0.15, 0.2) is 0 Å². The summed E-state index contributed by atoms with van der Waals surface area (Å²) in [5, 5.41) is 5.21. The third-order valence-corrected chi connectivity index (χ3v) is 2.95. The molecule has 1 aromatic rings. The van der Waals surface area contributed by atoms with Gasteiger partial charge in [-0.3, -0.25) is 0 Å². The standard InChI is InChI=1S/C14H22FN3O/c1-3-18(4-2)11-7-10-16-14(19)17-13-9-6-5-8-12(13)15/h5-6,8-9H,3-4,7,10-11H2,1-2H3,(H2,16,17,19). The molecule has 0 saturated heterocycles. The van der Waals surface area contributed by atoms with E-state index in [0.717, 1.165) is 26.1 Å². The second kappa shape index (κ2) is 8.48. The summed E-state index contributed by atoms with van der Waals surface area (Å²) in [6, 6.07) is 5.74. The largest absolute Gasteiger partial charge is 0.338 e. The molecule has 0 aliphatic heterocycles. The van der Waals surface area contributed by atoms with Gasteiger partial charge in [0.05, 0.1) is 5.69 Å². The van der Waals surface area contributed by atoms with Crippen LogP contribution in [-0.4, -0.2) is 37.1 Å². The van der Waals surface area contributed by atoms with Crippen LogP contribution in [0, 0.1) is 5.82 Å². The zero-order valence-corrected chi connectivity index (χ0v) is 11.6. The lowest BCUT2D eigenvalue weighted by Crippen LogP contribution is -2.32. The Labute approximate surface area is 114 Å². The number of urea groups is 1. The van der Waals surface area contributed by atoms with Crippen LogP contribution >= 0.6 is 0 Å². The normalized spacial score (nSPS) is 10.5. The monoisotopic (exact) mass is 267 g/mol. The molecule has 0 radical (unpaired) electrons. The number of benzene rings is 1. The van der Waals surface area contributed by atoms with Gasteiger partial charge in [0.25, 0.3) is 0 Å². The molecule has 2 amide bonds. The summed E-state index contributed by atoms with van der Waals surface area (Å²) in [7, 11) is 0. The average molecular weight is 267 g/mol. The summed E-state index contributed by atoms with van der Waals surface area (Å²) >= 11 is 0. The first kappa shape index (κ1) is 15.4. The van der Waals surface area contributed by atoms with E-state index < -0.39 is 5.82 Å². The van der Waals surface area contributed by atoms with E-state index >= 15 is 0 Å². The molecule has 1 rings (SSSR count). The molecule has 0 atom stereocenters. The fraction of sp³-hybridized carbons (Fsp3) is 0.500. The molecule has 0 aliphatic carbocycles. The molecule has 1 aromatic carbocycles. The summed E-state index contributed by atoms with van der Waals surface area (Å²) in [4.78, 5) is 13.8. The summed E-state index contributed by atoms with van der Waals surface area (Å²) < 4.78 is 13.3. The maximum Gasteiger partial charge on any atom is 0.319 e. The molecule has 0 fully saturated rings. The molecule has 0 bridgehead atoms.